The van der Waals surface area contributed by atoms with Crippen LogP contribution in [-0.2, 0) is 0 Å². The smallest absolute Gasteiger partial charge is 0.0844 e. The molecule has 0 aliphatic rings. The summed E-state index contributed by atoms with van der Waals surface area (Å²) in [4.78, 5) is -0.671. The van der Waals surface area contributed by atoms with E-state index in [1.54, 1.807) is 6.92 Å². The Hall–Kier alpha value is 0.910. The molecular weight excluding hydrogens is 347 g/mol. The lowest BCUT2D eigenvalue weighted by atomic mass is 10.0. The van der Waals surface area contributed by atoms with E-state index >= 15 is 0 Å². The van der Waals surface area contributed by atoms with Crippen molar-refractivity contribution in [3.05, 3.63) is 11.6 Å². The van der Waals surface area contributed by atoms with Gasteiger partial charge in [0, 0.05) is 10.7 Å². The van der Waals surface area contributed by atoms with Crippen molar-refractivity contribution in [2.75, 3.05) is 10.7 Å². The van der Waals surface area contributed by atoms with Crippen LogP contribution in [-0.4, -0.2) is 38.0 Å². The lowest BCUT2D eigenvalue weighted by Gasteiger charge is -2.25. The average molecular weight is 365 g/mol. The average Bonchev–Trinajstić information content (AvgIpc) is 2.23. The summed E-state index contributed by atoms with van der Waals surface area (Å²) in [6.45, 7) is 3.61. The van der Waals surface area contributed by atoms with Gasteiger partial charge in [0.1, 0.15) is 0 Å². The Labute approximate surface area is 113 Å². The van der Waals surface area contributed by atoms with Crippen LogP contribution >= 0.6 is 43.5 Å². The molecule has 0 radical (unpaired) electrons. The first-order chi connectivity index (χ1) is 6.85. The predicted molar refractivity (Wildman–Crippen MR) is 72.2 cm³/mol. The fourth-order valence-corrected chi connectivity index (χ4v) is 1.86. The Balaban J connectivity index is 4.26. The van der Waals surface area contributed by atoms with E-state index in [-0.39, 0.29) is 0 Å². The van der Waals surface area contributed by atoms with Gasteiger partial charge in [-0.05, 0) is 25.8 Å². The highest BCUT2D eigenvalue weighted by molar-refractivity contribution is 9.09. The molecule has 5 heteroatoms. The number of alkyl halides is 3. The molecule has 0 aromatic heterocycles. The topological polar surface area (TPSA) is 40.5 Å². The summed E-state index contributed by atoms with van der Waals surface area (Å²) in [6.07, 6.45) is 1.14. The predicted octanol–water partition coefficient (Wildman–Crippen LogP) is 2.83. The monoisotopic (exact) mass is 362 g/mol. The summed E-state index contributed by atoms with van der Waals surface area (Å²) in [5.41, 5.74) is 0.841. The Morgan fingerprint density at radius 1 is 1.47 bits per heavy atom. The normalized spacial score (nSPS) is 20.9. The van der Waals surface area contributed by atoms with E-state index in [0.717, 1.165) is 5.57 Å². The van der Waals surface area contributed by atoms with Crippen molar-refractivity contribution in [3.63, 3.8) is 0 Å². The molecule has 0 saturated carbocycles. The van der Waals surface area contributed by atoms with Crippen molar-refractivity contribution in [1.82, 2.24) is 0 Å². The van der Waals surface area contributed by atoms with Crippen molar-refractivity contribution >= 4 is 43.5 Å². The molecule has 2 N–H and O–H groups in total. The third-order valence-corrected chi connectivity index (χ3v) is 4.78. The van der Waals surface area contributed by atoms with Gasteiger partial charge in [0.2, 0.25) is 0 Å². The second-order valence-electron chi connectivity index (χ2n) is 3.78. The van der Waals surface area contributed by atoms with Crippen LogP contribution in [0, 0.1) is 0 Å². The summed E-state index contributed by atoms with van der Waals surface area (Å²) in [6, 6.07) is 0. The minimum absolute atomic E-state index is 0.446. The van der Waals surface area contributed by atoms with Gasteiger partial charge in [-0.25, -0.2) is 0 Å². The quantitative estimate of drug-likeness (QED) is 0.562. The van der Waals surface area contributed by atoms with Gasteiger partial charge in [0.05, 0.1) is 17.1 Å². The molecule has 0 amide bonds. The second-order valence-corrected chi connectivity index (χ2v) is 5.85. The first kappa shape index (κ1) is 15.9. The second kappa shape index (κ2) is 7.28. The standard InChI is InChI=1S/C10H17Br2ClO2/c1-7(8(14)5-11)3-4-9(15)10(2,13)6-12/h3,8-9,14-15H,4-6H2,1-2H3/b7-3+/t8-,9+,10+/m0/s1. The van der Waals surface area contributed by atoms with Gasteiger partial charge < -0.3 is 10.2 Å². The number of halogens is 3. The van der Waals surface area contributed by atoms with Crippen molar-refractivity contribution < 1.29 is 10.2 Å². The summed E-state index contributed by atoms with van der Waals surface area (Å²) in [5.74, 6) is 0. The fourth-order valence-electron chi connectivity index (χ4n) is 0.890. The van der Waals surface area contributed by atoms with Crippen LogP contribution < -0.4 is 0 Å². The van der Waals surface area contributed by atoms with Crippen LogP contribution in [0.15, 0.2) is 11.6 Å². The number of hydrogen-bond donors (Lipinski definition) is 2. The maximum Gasteiger partial charge on any atom is 0.0844 e. The number of aliphatic hydroxyl groups excluding tert-OH is 2. The molecule has 0 aromatic rings. The Morgan fingerprint density at radius 2 is 2.00 bits per heavy atom. The molecule has 0 aromatic carbocycles. The number of aliphatic hydroxyl groups is 2. The molecule has 0 heterocycles. The molecule has 0 spiro atoms. The highest BCUT2D eigenvalue weighted by atomic mass is 79.9. The van der Waals surface area contributed by atoms with E-state index in [9.17, 15) is 10.2 Å². The van der Waals surface area contributed by atoms with E-state index in [0.29, 0.717) is 17.1 Å². The van der Waals surface area contributed by atoms with Crippen LogP contribution in [0.1, 0.15) is 20.3 Å². The van der Waals surface area contributed by atoms with Crippen LogP contribution in [0.5, 0.6) is 0 Å². The van der Waals surface area contributed by atoms with Crippen LogP contribution in [0.4, 0.5) is 0 Å². The molecular formula is C10H17Br2ClO2. The van der Waals surface area contributed by atoms with Gasteiger partial charge in [-0.15, -0.1) is 11.6 Å². The molecule has 3 atom stereocenters. The molecule has 0 aliphatic heterocycles. The van der Waals surface area contributed by atoms with Crippen molar-refractivity contribution in [3.8, 4) is 0 Å². The lowest BCUT2D eigenvalue weighted by Crippen LogP contribution is -2.35. The molecule has 0 unspecified atom stereocenters. The minimum Gasteiger partial charge on any atom is -0.391 e. The maximum absolute atomic E-state index is 9.78. The maximum atomic E-state index is 9.78. The molecule has 2 nitrogen and oxygen atoms in total. The largest absolute Gasteiger partial charge is 0.391 e. The highest BCUT2D eigenvalue weighted by Gasteiger charge is 2.28. The third kappa shape index (κ3) is 5.68. The molecule has 0 aliphatic carbocycles. The molecule has 0 rings (SSSR count). The third-order valence-electron chi connectivity index (χ3n) is 2.29. The minimum atomic E-state index is -0.671. The van der Waals surface area contributed by atoms with Crippen molar-refractivity contribution in [1.29, 1.82) is 0 Å². The van der Waals surface area contributed by atoms with Gasteiger partial charge in [-0.3, -0.25) is 0 Å². The van der Waals surface area contributed by atoms with Gasteiger partial charge in [-0.1, -0.05) is 37.9 Å². The van der Waals surface area contributed by atoms with E-state index in [2.05, 4.69) is 31.9 Å². The Kier molecular flexibility index (Phi) is 7.72. The molecule has 15 heavy (non-hydrogen) atoms. The number of hydrogen-bond acceptors (Lipinski definition) is 2. The van der Waals surface area contributed by atoms with E-state index in [4.69, 9.17) is 11.6 Å². The van der Waals surface area contributed by atoms with E-state index in [1.807, 2.05) is 13.0 Å². The summed E-state index contributed by atoms with van der Waals surface area (Å²) in [7, 11) is 0. The van der Waals surface area contributed by atoms with Gasteiger partial charge in [0.15, 0.2) is 0 Å². The van der Waals surface area contributed by atoms with Crippen LogP contribution in [0.2, 0.25) is 0 Å². The summed E-state index contributed by atoms with van der Waals surface area (Å²) < 4.78 is 0. The summed E-state index contributed by atoms with van der Waals surface area (Å²) >= 11 is 12.5. The summed E-state index contributed by atoms with van der Waals surface area (Å²) in [5, 5.41) is 20.3. The van der Waals surface area contributed by atoms with Crippen LogP contribution in [0.3, 0.4) is 0 Å². The molecule has 0 saturated heterocycles. The molecule has 0 bridgehead atoms. The zero-order valence-corrected chi connectivity index (χ0v) is 12.8. The fraction of sp³-hybridized carbons (Fsp3) is 0.800. The van der Waals surface area contributed by atoms with Gasteiger partial charge >= 0.3 is 0 Å². The lowest BCUT2D eigenvalue weighted by molar-refractivity contribution is 0.143. The Morgan fingerprint density at radius 3 is 2.40 bits per heavy atom. The van der Waals surface area contributed by atoms with E-state index < -0.39 is 17.1 Å². The van der Waals surface area contributed by atoms with E-state index in [1.165, 1.54) is 0 Å². The zero-order chi connectivity index (χ0) is 12.1. The first-order valence-electron chi connectivity index (χ1n) is 4.68. The van der Waals surface area contributed by atoms with Gasteiger partial charge in [0.25, 0.3) is 0 Å². The molecule has 90 valence electrons. The first-order valence-corrected chi connectivity index (χ1v) is 7.31. The van der Waals surface area contributed by atoms with Crippen molar-refractivity contribution in [2.24, 2.45) is 0 Å². The zero-order valence-electron chi connectivity index (χ0n) is 8.88. The highest BCUT2D eigenvalue weighted by Crippen LogP contribution is 2.24. The van der Waals surface area contributed by atoms with Gasteiger partial charge in [-0.2, -0.15) is 0 Å². The van der Waals surface area contributed by atoms with Crippen LogP contribution in [0.25, 0.3) is 0 Å². The molecule has 0 fully saturated rings. The SMILES string of the molecule is C/C(=C\C[C@@H](O)[C@](C)(Cl)CBr)[C@@H](O)CBr. The van der Waals surface area contributed by atoms with Crippen molar-refractivity contribution in [2.45, 2.75) is 37.4 Å². The Bertz CT molecular complexity index is 219. The number of rotatable bonds is 6.